The number of nitro groups is 1. The van der Waals surface area contributed by atoms with Gasteiger partial charge in [0.05, 0.1) is 4.92 Å². The van der Waals surface area contributed by atoms with Gasteiger partial charge >= 0.3 is 0 Å². The van der Waals surface area contributed by atoms with Crippen LogP contribution in [-0.4, -0.2) is 4.92 Å². The maximum atomic E-state index is 10.4. The molecule has 1 aromatic rings. The lowest BCUT2D eigenvalue weighted by atomic mass is 10.2. The minimum absolute atomic E-state index is 0.0554. The van der Waals surface area contributed by atoms with E-state index in [0.717, 1.165) is 22.2 Å². The first kappa shape index (κ1) is 9.55. The molecule has 0 aliphatic heterocycles. The van der Waals surface area contributed by atoms with Crippen LogP contribution in [0, 0.1) is 27.7 Å². The van der Waals surface area contributed by atoms with Gasteiger partial charge in [0.1, 0.15) is 5.40 Å². The summed E-state index contributed by atoms with van der Waals surface area (Å²) >= 11 is 1.01. The van der Waals surface area contributed by atoms with Gasteiger partial charge in [-0.05, 0) is 30.3 Å². The van der Waals surface area contributed by atoms with Crippen LogP contribution in [0.1, 0.15) is 5.56 Å². The van der Waals surface area contributed by atoms with Crippen LogP contribution in [0.5, 0.6) is 0 Å². The summed E-state index contributed by atoms with van der Waals surface area (Å²) < 4.78 is 0. The SMILES string of the molecule is Cc1cc([N+](=O)[O-])ccc1SC#N. The van der Waals surface area contributed by atoms with Crippen LogP contribution in [-0.2, 0) is 0 Å². The number of benzene rings is 1. The van der Waals surface area contributed by atoms with Gasteiger partial charge in [-0.3, -0.25) is 10.1 Å². The first-order valence-electron chi connectivity index (χ1n) is 3.46. The van der Waals surface area contributed by atoms with Crippen LogP contribution in [0.2, 0.25) is 0 Å². The smallest absolute Gasteiger partial charge is 0.258 e. The predicted molar refractivity (Wildman–Crippen MR) is 49.3 cm³/mol. The first-order chi connectivity index (χ1) is 6.15. The Morgan fingerprint density at radius 3 is 2.77 bits per heavy atom. The molecule has 0 fully saturated rings. The second kappa shape index (κ2) is 3.92. The Labute approximate surface area is 79.3 Å². The third kappa shape index (κ3) is 2.20. The maximum Gasteiger partial charge on any atom is 0.269 e. The largest absolute Gasteiger partial charge is 0.269 e. The lowest BCUT2D eigenvalue weighted by Crippen LogP contribution is -1.88. The Hall–Kier alpha value is -1.54. The fourth-order valence-corrected chi connectivity index (χ4v) is 1.37. The molecular formula is C8H6N2O2S. The standard InChI is InChI=1S/C8H6N2O2S/c1-6-4-7(10(11)12)2-3-8(6)13-5-9/h2-4H,1H3. The van der Waals surface area contributed by atoms with Crippen molar-refractivity contribution in [2.24, 2.45) is 0 Å². The minimum atomic E-state index is -0.451. The molecule has 0 saturated carbocycles. The molecule has 0 aliphatic carbocycles. The van der Waals surface area contributed by atoms with Gasteiger partial charge in [0.2, 0.25) is 0 Å². The molecule has 1 rings (SSSR count). The van der Waals surface area contributed by atoms with E-state index in [4.69, 9.17) is 5.26 Å². The fraction of sp³-hybridized carbons (Fsp3) is 0.125. The van der Waals surface area contributed by atoms with E-state index >= 15 is 0 Å². The zero-order valence-corrected chi connectivity index (χ0v) is 7.67. The molecule has 0 spiro atoms. The molecule has 0 bridgehead atoms. The van der Waals surface area contributed by atoms with Gasteiger partial charge < -0.3 is 0 Å². The van der Waals surface area contributed by atoms with Gasteiger partial charge in [-0.2, -0.15) is 5.26 Å². The van der Waals surface area contributed by atoms with Crippen LogP contribution < -0.4 is 0 Å². The second-order valence-corrected chi connectivity index (χ2v) is 3.23. The Balaban J connectivity index is 3.07. The molecule has 66 valence electrons. The quantitative estimate of drug-likeness (QED) is 0.314. The van der Waals surface area contributed by atoms with E-state index in [0.29, 0.717) is 0 Å². The summed E-state index contributed by atoms with van der Waals surface area (Å²) in [6, 6.07) is 4.44. The van der Waals surface area contributed by atoms with Gasteiger partial charge in [-0.1, -0.05) is 0 Å². The molecule has 0 heterocycles. The topological polar surface area (TPSA) is 66.9 Å². The van der Waals surface area contributed by atoms with E-state index in [-0.39, 0.29) is 5.69 Å². The molecule has 5 heteroatoms. The lowest BCUT2D eigenvalue weighted by Gasteiger charge is -1.98. The van der Waals surface area contributed by atoms with Gasteiger partial charge in [-0.25, -0.2) is 0 Å². The molecule has 0 radical (unpaired) electrons. The highest BCUT2D eigenvalue weighted by molar-refractivity contribution is 8.03. The maximum absolute atomic E-state index is 10.4. The number of rotatable bonds is 2. The highest BCUT2D eigenvalue weighted by atomic mass is 32.2. The molecule has 0 unspecified atom stereocenters. The molecule has 0 aromatic heterocycles. The number of hydrogen-bond donors (Lipinski definition) is 0. The van der Waals surface area contributed by atoms with Crippen molar-refractivity contribution in [3.05, 3.63) is 33.9 Å². The second-order valence-electron chi connectivity index (χ2n) is 2.40. The van der Waals surface area contributed by atoms with E-state index in [9.17, 15) is 10.1 Å². The van der Waals surface area contributed by atoms with Crippen molar-refractivity contribution >= 4 is 17.4 Å². The van der Waals surface area contributed by atoms with Crippen molar-refractivity contribution < 1.29 is 4.92 Å². The van der Waals surface area contributed by atoms with Gasteiger partial charge in [0, 0.05) is 17.0 Å². The highest BCUT2D eigenvalue weighted by Crippen LogP contribution is 2.24. The Kier molecular flexibility index (Phi) is 2.88. The van der Waals surface area contributed by atoms with Gasteiger partial charge in [-0.15, -0.1) is 0 Å². The van der Waals surface area contributed by atoms with Crippen LogP contribution in [0.3, 0.4) is 0 Å². The Morgan fingerprint density at radius 1 is 1.62 bits per heavy atom. The molecule has 0 saturated heterocycles. The zero-order chi connectivity index (χ0) is 9.84. The van der Waals surface area contributed by atoms with Crippen molar-refractivity contribution in [1.29, 1.82) is 5.26 Å². The number of nitrogens with zero attached hydrogens (tertiary/aromatic N) is 2. The van der Waals surface area contributed by atoms with E-state index in [2.05, 4.69) is 0 Å². The average Bonchev–Trinajstić information content (AvgIpc) is 2.08. The van der Waals surface area contributed by atoms with Crippen LogP contribution >= 0.6 is 11.8 Å². The highest BCUT2D eigenvalue weighted by Gasteiger charge is 2.07. The molecule has 0 aliphatic rings. The molecule has 0 amide bonds. The normalized spacial score (nSPS) is 9.23. The number of non-ortho nitro benzene ring substituents is 1. The summed E-state index contributed by atoms with van der Waals surface area (Å²) in [6.45, 7) is 1.74. The van der Waals surface area contributed by atoms with Crippen LogP contribution in [0.15, 0.2) is 23.1 Å². The van der Waals surface area contributed by atoms with Crippen molar-refractivity contribution in [3.8, 4) is 5.40 Å². The summed E-state index contributed by atoms with van der Waals surface area (Å²) in [6.07, 6.45) is 0. The summed E-state index contributed by atoms with van der Waals surface area (Å²) in [5.74, 6) is 0. The number of nitriles is 1. The third-order valence-electron chi connectivity index (χ3n) is 1.52. The summed E-state index contributed by atoms with van der Waals surface area (Å²) in [4.78, 5) is 10.7. The van der Waals surface area contributed by atoms with E-state index in [1.165, 1.54) is 12.1 Å². The van der Waals surface area contributed by atoms with Crippen LogP contribution in [0.25, 0.3) is 0 Å². The predicted octanol–water partition coefficient (Wildman–Crippen LogP) is 2.48. The Morgan fingerprint density at radius 2 is 2.31 bits per heavy atom. The average molecular weight is 194 g/mol. The molecule has 0 N–H and O–H groups in total. The third-order valence-corrected chi connectivity index (χ3v) is 2.29. The van der Waals surface area contributed by atoms with Crippen molar-refractivity contribution in [1.82, 2.24) is 0 Å². The monoisotopic (exact) mass is 194 g/mol. The molecule has 0 atom stereocenters. The Bertz CT molecular complexity index is 384. The van der Waals surface area contributed by atoms with Crippen molar-refractivity contribution in [3.63, 3.8) is 0 Å². The summed E-state index contributed by atoms with van der Waals surface area (Å²) in [5, 5.41) is 20.7. The first-order valence-corrected chi connectivity index (χ1v) is 4.28. The fourth-order valence-electron chi connectivity index (χ4n) is 0.911. The molecular weight excluding hydrogens is 188 g/mol. The molecule has 1 aromatic carbocycles. The summed E-state index contributed by atoms with van der Waals surface area (Å²) in [7, 11) is 0. The van der Waals surface area contributed by atoms with E-state index in [1.807, 2.05) is 5.40 Å². The number of aryl methyl sites for hydroxylation is 1. The van der Waals surface area contributed by atoms with Crippen LogP contribution in [0.4, 0.5) is 5.69 Å². The number of nitro benzene ring substituents is 1. The zero-order valence-electron chi connectivity index (χ0n) is 6.85. The minimum Gasteiger partial charge on any atom is -0.258 e. The summed E-state index contributed by atoms with van der Waals surface area (Å²) in [5.41, 5.74) is 0.806. The van der Waals surface area contributed by atoms with Crippen molar-refractivity contribution in [2.75, 3.05) is 0 Å². The number of hydrogen-bond acceptors (Lipinski definition) is 4. The molecule has 13 heavy (non-hydrogen) atoms. The lowest BCUT2D eigenvalue weighted by molar-refractivity contribution is -0.385. The van der Waals surface area contributed by atoms with E-state index in [1.54, 1.807) is 13.0 Å². The number of thioether (sulfide) groups is 1. The molecule has 4 nitrogen and oxygen atoms in total. The number of thiocyanates is 1. The van der Waals surface area contributed by atoms with Crippen molar-refractivity contribution in [2.45, 2.75) is 11.8 Å². The van der Waals surface area contributed by atoms with E-state index < -0.39 is 4.92 Å². The van der Waals surface area contributed by atoms with Gasteiger partial charge in [0.25, 0.3) is 5.69 Å². The van der Waals surface area contributed by atoms with Gasteiger partial charge in [0.15, 0.2) is 0 Å².